The van der Waals surface area contributed by atoms with Gasteiger partial charge in [0.2, 0.25) is 5.91 Å². The lowest BCUT2D eigenvalue weighted by Crippen LogP contribution is -2.40. The molecule has 1 aliphatic rings. The molecule has 0 bridgehead atoms. The van der Waals surface area contributed by atoms with Gasteiger partial charge in [-0.2, -0.15) is 0 Å². The number of rotatable bonds is 2. The molecule has 4 nitrogen and oxygen atoms in total. The molecule has 0 aliphatic heterocycles. The van der Waals surface area contributed by atoms with Gasteiger partial charge in [0.05, 0.1) is 4.88 Å². The predicted molar refractivity (Wildman–Crippen MR) is 85.2 cm³/mol. The summed E-state index contributed by atoms with van der Waals surface area (Å²) in [6, 6.07) is 1.99. The summed E-state index contributed by atoms with van der Waals surface area (Å²) in [7, 11) is 0. The molecule has 5 heteroatoms. The van der Waals surface area contributed by atoms with Crippen molar-refractivity contribution in [2.75, 3.05) is 0 Å². The second-order valence-corrected chi connectivity index (χ2v) is 7.86. The summed E-state index contributed by atoms with van der Waals surface area (Å²) in [4.78, 5) is 25.2. The number of hydrogen-bond donors (Lipinski definition) is 2. The van der Waals surface area contributed by atoms with Gasteiger partial charge < -0.3 is 0 Å². The quantitative estimate of drug-likeness (QED) is 0.825. The largest absolute Gasteiger partial charge is 0.279 e. The Bertz CT molecular complexity index is 543. The maximum absolute atomic E-state index is 12.0. The van der Waals surface area contributed by atoms with E-state index in [1.807, 2.05) is 6.07 Å². The standard InChI is InChI=1S/C16H24N2O2S/c1-5-14(19)17-18-15(20)13-9-10-8-11(16(2,3)4)6-7-12(10)21-13/h9,11H,5-8H2,1-4H3,(H,17,19)(H,18,20). The number of fused-ring (bicyclic) bond motifs is 1. The van der Waals surface area contributed by atoms with Crippen LogP contribution >= 0.6 is 11.3 Å². The number of hydrazine groups is 1. The molecule has 1 heterocycles. The molecule has 1 atom stereocenters. The summed E-state index contributed by atoms with van der Waals surface area (Å²) in [6.45, 7) is 8.59. The number of carbonyl (C=O) groups excluding carboxylic acids is 2. The van der Waals surface area contributed by atoms with Crippen LogP contribution in [-0.2, 0) is 17.6 Å². The zero-order chi connectivity index (χ0) is 15.6. The van der Waals surface area contributed by atoms with Crippen LogP contribution in [-0.4, -0.2) is 11.8 Å². The zero-order valence-corrected chi connectivity index (χ0v) is 14.0. The highest BCUT2D eigenvalue weighted by molar-refractivity contribution is 7.14. The van der Waals surface area contributed by atoms with E-state index in [1.165, 1.54) is 16.9 Å². The summed E-state index contributed by atoms with van der Waals surface area (Å²) in [6.07, 6.45) is 3.64. The van der Waals surface area contributed by atoms with Crippen LogP contribution in [0.4, 0.5) is 0 Å². The lowest BCUT2D eigenvalue weighted by atomic mass is 9.72. The van der Waals surface area contributed by atoms with Gasteiger partial charge >= 0.3 is 0 Å². The fourth-order valence-corrected chi connectivity index (χ4v) is 3.75. The topological polar surface area (TPSA) is 58.2 Å². The highest BCUT2D eigenvalue weighted by Gasteiger charge is 2.30. The Morgan fingerprint density at radius 1 is 1.33 bits per heavy atom. The van der Waals surface area contributed by atoms with Crippen molar-refractivity contribution in [2.45, 2.75) is 53.4 Å². The molecule has 0 fully saturated rings. The SMILES string of the molecule is CCC(=O)NNC(=O)c1cc2c(s1)CCC(C(C)(C)C)C2. The maximum atomic E-state index is 12.0. The second kappa shape index (κ2) is 6.18. The summed E-state index contributed by atoms with van der Waals surface area (Å²) in [5.74, 6) is 0.260. The molecule has 0 saturated carbocycles. The Morgan fingerprint density at radius 2 is 2.05 bits per heavy atom. The van der Waals surface area contributed by atoms with Gasteiger partial charge in [0.25, 0.3) is 5.91 Å². The molecule has 21 heavy (non-hydrogen) atoms. The third-order valence-electron chi connectivity index (χ3n) is 4.17. The van der Waals surface area contributed by atoms with Gasteiger partial charge in [-0.25, -0.2) is 0 Å². The Morgan fingerprint density at radius 3 is 2.67 bits per heavy atom. The van der Waals surface area contributed by atoms with Crippen LogP contribution in [0, 0.1) is 11.3 Å². The normalized spacial score (nSPS) is 18.0. The van der Waals surface area contributed by atoms with Gasteiger partial charge in [0.15, 0.2) is 0 Å². The Kier molecular flexibility index (Phi) is 4.71. The third kappa shape index (κ3) is 3.84. The van der Waals surface area contributed by atoms with Crippen molar-refractivity contribution < 1.29 is 9.59 Å². The number of nitrogens with one attached hydrogen (secondary N) is 2. The molecule has 1 aromatic heterocycles. The van der Waals surface area contributed by atoms with E-state index < -0.39 is 0 Å². The van der Waals surface area contributed by atoms with Crippen LogP contribution in [0.5, 0.6) is 0 Å². The molecule has 0 aromatic carbocycles. The maximum Gasteiger partial charge on any atom is 0.279 e. The average molecular weight is 308 g/mol. The second-order valence-electron chi connectivity index (χ2n) is 6.72. The molecule has 1 unspecified atom stereocenters. The zero-order valence-electron chi connectivity index (χ0n) is 13.2. The number of thiophene rings is 1. The molecule has 0 spiro atoms. The van der Waals surface area contributed by atoms with Gasteiger partial charge in [-0.1, -0.05) is 27.7 Å². The molecule has 0 saturated heterocycles. The molecule has 2 rings (SSSR count). The Hall–Kier alpha value is -1.36. The Balaban J connectivity index is 2.04. The highest BCUT2D eigenvalue weighted by Crippen LogP contribution is 2.39. The number of amides is 2. The molecule has 116 valence electrons. The van der Waals surface area contributed by atoms with Crippen LogP contribution in [0.15, 0.2) is 6.07 Å². The van der Waals surface area contributed by atoms with Crippen molar-refractivity contribution >= 4 is 23.2 Å². The van der Waals surface area contributed by atoms with E-state index in [2.05, 4.69) is 31.6 Å². The number of aryl methyl sites for hydroxylation is 1. The monoisotopic (exact) mass is 308 g/mol. The van der Waals surface area contributed by atoms with E-state index >= 15 is 0 Å². The van der Waals surface area contributed by atoms with Crippen molar-refractivity contribution in [1.29, 1.82) is 0 Å². The van der Waals surface area contributed by atoms with Crippen LogP contribution in [0.3, 0.4) is 0 Å². The van der Waals surface area contributed by atoms with Crippen molar-refractivity contribution in [3.05, 3.63) is 21.4 Å². The fourth-order valence-electron chi connectivity index (χ4n) is 2.65. The third-order valence-corrected chi connectivity index (χ3v) is 5.40. The summed E-state index contributed by atoms with van der Waals surface area (Å²) < 4.78 is 0. The predicted octanol–water partition coefficient (Wildman–Crippen LogP) is 3.07. The van der Waals surface area contributed by atoms with E-state index in [-0.39, 0.29) is 11.8 Å². The summed E-state index contributed by atoms with van der Waals surface area (Å²) in [5.41, 5.74) is 6.49. The average Bonchev–Trinajstić information content (AvgIpc) is 2.86. The smallest absolute Gasteiger partial charge is 0.273 e. The van der Waals surface area contributed by atoms with Gasteiger partial charge in [-0.3, -0.25) is 20.4 Å². The van der Waals surface area contributed by atoms with Crippen LogP contribution < -0.4 is 10.9 Å². The Labute approximate surface area is 130 Å². The molecular weight excluding hydrogens is 284 g/mol. The lowest BCUT2D eigenvalue weighted by Gasteiger charge is -2.33. The van der Waals surface area contributed by atoms with Crippen LogP contribution in [0.2, 0.25) is 0 Å². The molecule has 1 aromatic rings. The highest BCUT2D eigenvalue weighted by atomic mass is 32.1. The van der Waals surface area contributed by atoms with Crippen LogP contribution in [0.1, 0.15) is 60.6 Å². The van der Waals surface area contributed by atoms with Crippen molar-refractivity contribution in [3.63, 3.8) is 0 Å². The first-order valence-corrected chi connectivity index (χ1v) is 8.33. The van der Waals surface area contributed by atoms with E-state index in [1.54, 1.807) is 18.3 Å². The first kappa shape index (κ1) is 16.0. The first-order valence-electron chi connectivity index (χ1n) is 7.52. The number of hydrogen-bond acceptors (Lipinski definition) is 3. The van der Waals surface area contributed by atoms with Crippen molar-refractivity contribution in [3.8, 4) is 0 Å². The van der Waals surface area contributed by atoms with Crippen molar-refractivity contribution in [1.82, 2.24) is 10.9 Å². The van der Waals surface area contributed by atoms with Crippen LogP contribution in [0.25, 0.3) is 0 Å². The summed E-state index contributed by atoms with van der Waals surface area (Å²) >= 11 is 1.55. The molecule has 0 radical (unpaired) electrons. The molecule has 2 amide bonds. The molecule has 1 aliphatic carbocycles. The van der Waals surface area contributed by atoms with Crippen molar-refractivity contribution in [2.24, 2.45) is 11.3 Å². The van der Waals surface area contributed by atoms with E-state index in [0.717, 1.165) is 12.8 Å². The minimum atomic E-state index is -0.219. The molecular formula is C16H24N2O2S. The van der Waals surface area contributed by atoms with Gasteiger partial charge in [-0.05, 0) is 42.2 Å². The van der Waals surface area contributed by atoms with E-state index in [0.29, 0.717) is 22.6 Å². The molecule has 2 N–H and O–H groups in total. The fraction of sp³-hybridized carbons (Fsp3) is 0.625. The van der Waals surface area contributed by atoms with Gasteiger partial charge in [0, 0.05) is 11.3 Å². The van der Waals surface area contributed by atoms with E-state index in [9.17, 15) is 9.59 Å². The first-order chi connectivity index (χ1) is 9.81. The number of carbonyl (C=O) groups is 2. The lowest BCUT2D eigenvalue weighted by molar-refractivity contribution is -0.121. The summed E-state index contributed by atoms with van der Waals surface area (Å²) in [5, 5.41) is 0. The minimum Gasteiger partial charge on any atom is -0.273 e. The van der Waals surface area contributed by atoms with Gasteiger partial charge in [0.1, 0.15) is 0 Å². The van der Waals surface area contributed by atoms with E-state index in [4.69, 9.17) is 0 Å². The van der Waals surface area contributed by atoms with Gasteiger partial charge in [-0.15, -0.1) is 11.3 Å². The minimum absolute atomic E-state index is 0.183.